The Morgan fingerprint density at radius 2 is 1.83 bits per heavy atom. The van der Waals surface area contributed by atoms with Gasteiger partial charge in [-0.2, -0.15) is 0 Å². The molecule has 1 aliphatic carbocycles. The third-order valence-electron chi connectivity index (χ3n) is 3.78. The van der Waals surface area contributed by atoms with Gasteiger partial charge in [0.05, 0.1) is 0 Å². The van der Waals surface area contributed by atoms with E-state index in [0.717, 1.165) is 19.3 Å². The van der Waals surface area contributed by atoms with Crippen molar-refractivity contribution in [1.29, 1.82) is 0 Å². The lowest BCUT2D eigenvalue weighted by atomic mass is 9.94. The molecule has 0 radical (unpaired) electrons. The van der Waals surface area contributed by atoms with Gasteiger partial charge in [0.2, 0.25) is 0 Å². The van der Waals surface area contributed by atoms with Crippen LogP contribution in [0.4, 0.5) is 0 Å². The van der Waals surface area contributed by atoms with Crippen LogP contribution in [0.3, 0.4) is 0 Å². The first kappa shape index (κ1) is 11.3. The maximum atomic E-state index is 4.25. The first-order valence-electron chi connectivity index (χ1n) is 6.69. The van der Waals surface area contributed by atoms with Crippen LogP contribution in [-0.2, 0) is 6.42 Å². The predicted molar refractivity (Wildman–Crippen MR) is 78.6 cm³/mol. The van der Waals surface area contributed by atoms with Gasteiger partial charge in [-0.1, -0.05) is 62.4 Å². The van der Waals surface area contributed by atoms with Gasteiger partial charge in [0.1, 0.15) is 0 Å². The molecule has 0 bridgehead atoms. The van der Waals surface area contributed by atoms with E-state index in [9.17, 15) is 0 Å². The molecule has 1 aliphatic rings. The zero-order valence-electron chi connectivity index (χ0n) is 10.9. The second-order valence-electron chi connectivity index (χ2n) is 5.02. The quantitative estimate of drug-likeness (QED) is 0.593. The molecule has 2 aromatic carbocycles. The second kappa shape index (κ2) is 4.45. The van der Waals surface area contributed by atoms with E-state index in [1.165, 1.54) is 33.4 Å². The molecular formula is C18H18. The van der Waals surface area contributed by atoms with Crippen molar-refractivity contribution >= 4 is 5.57 Å². The molecule has 90 valence electrons. The molecule has 0 heterocycles. The summed E-state index contributed by atoms with van der Waals surface area (Å²) in [6.07, 6.45) is 3.31. The van der Waals surface area contributed by atoms with Crippen molar-refractivity contribution in [2.45, 2.75) is 26.2 Å². The lowest BCUT2D eigenvalue weighted by molar-refractivity contribution is 0.973. The SMILES string of the molecule is C=C(CCC)c1cccc2c1Cc1ccccc1-2. The summed E-state index contributed by atoms with van der Waals surface area (Å²) in [6.45, 7) is 6.47. The van der Waals surface area contributed by atoms with Crippen molar-refractivity contribution in [1.82, 2.24) is 0 Å². The summed E-state index contributed by atoms with van der Waals surface area (Å²) in [5.41, 5.74) is 8.37. The van der Waals surface area contributed by atoms with Crippen molar-refractivity contribution in [2.24, 2.45) is 0 Å². The maximum Gasteiger partial charge on any atom is -0.000741 e. The molecule has 0 aliphatic heterocycles. The number of hydrogen-bond acceptors (Lipinski definition) is 0. The molecule has 18 heavy (non-hydrogen) atoms. The van der Waals surface area contributed by atoms with Crippen LogP contribution in [0.25, 0.3) is 16.7 Å². The minimum atomic E-state index is 1.06. The van der Waals surface area contributed by atoms with E-state index in [1.54, 1.807) is 0 Å². The Morgan fingerprint density at radius 3 is 2.67 bits per heavy atom. The summed E-state index contributed by atoms with van der Waals surface area (Å²) in [7, 11) is 0. The molecule has 2 aromatic rings. The van der Waals surface area contributed by atoms with Gasteiger partial charge in [-0.3, -0.25) is 0 Å². The van der Waals surface area contributed by atoms with Crippen LogP contribution in [0, 0.1) is 0 Å². The Bertz CT molecular complexity index is 605. The molecule has 0 spiro atoms. The van der Waals surface area contributed by atoms with Crippen LogP contribution < -0.4 is 0 Å². The van der Waals surface area contributed by atoms with Gasteiger partial charge in [0, 0.05) is 0 Å². The van der Waals surface area contributed by atoms with Crippen molar-refractivity contribution in [3.63, 3.8) is 0 Å². The highest BCUT2D eigenvalue weighted by molar-refractivity contribution is 5.82. The number of allylic oxidation sites excluding steroid dienone is 1. The van der Waals surface area contributed by atoms with Crippen LogP contribution in [0.1, 0.15) is 36.5 Å². The lowest BCUT2D eigenvalue weighted by Crippen LogP contribution is -1.91. The Morgan fingerprint density at radius 1 is 1.06 bits per heavy atom. The fraction of sp³-hybridized carbons (Fsp3) is 0.222. The minimum Gasteiger partial charge on any atom is -0.0952 e. The molecule has 0 saturated heterocycles. The van der Waals surface area contributed by atoms with Crippen LogP contribution in [0.5, 0.6) is 0 Å². The second-order valence-corrected chi connectivity index (χ2v) is 5.02. The number of hydrogen-bond donors (Lipinski definition) is 0. The monoisotopic (exact) mass is 234 g/mol. The molecule has 0 unspecified atom stereocenters. The molecule has 0 amide bonds. The summed E-state index contributed by atoms with van der Waals surface area (Å²) in [5.74, 6) is 0. The Balaban J connectivity index is 2.11. The van der Waals surface area contributed by atoms with Crippen molar-refractivity contribution < 1.29 is 0 Å². The molecule has 0 aromatic heterocycles. The summed E-state index contributed by atoms with van der Waals surface area (Å²) in [4.78, 5) is 0. The van der Waals surface area contributed by atoms with Gasteiger partial charge in [0.25, 0.3) is 0 Å². The van der Waals surface area contributed by atoms with Gasteiger partial charge < -0.3 is 0 Å². The highest BCUT2D eigenvalue weighted by Gasteiger charge is 2.20. The predicted octanol–water partition coefficient (Wildman–Crippen LogP) is 5.07. The minimum absolute atomic E-state index is 1.06. The smallest absolute Gasteiger partial charge is 0.000741 e. The summed E-state index contributed by atoms with van der Waals surface area (Å²) in [6, 6.07) is 15.4. The molecule has 0 heteroatoms. The van der Waals surface area contributed by atoms with E-state index in [4.69, 9.17) is 0 Å². The van der Waals surface area contributed by atoms with E-state index in [1.807, 2.05) is 0 Å². The number of fused-ring (bicyclic) bond motifs is 3. The van der Waals surface area contributed by atoms with Gasteiger partial charge >= 0.3 is 0 Å². The van der Waals surface area contributed by atoms with Gasteiger partial charge in [-0.05, 0) is 46.2 Å². The largest absolute Gasteiger partial charge is 0.0952 e. The fourth-order valence-electron chi connectivity index (χ4n) is 2.92. The lowest BCUT2D eigenvalue weighted by Gasteiger charge is -2.10. The molecule has 0 atom stereocenters. The third kappa shape index (κ3) is 1.69. The highest BCUT2D eigenvalue weighted by Crippen LogP contribution is 2.40. The average molecular weight is 234 g/mol. The van der Waals surface area contributed by atoms with Gasteiger partial charge in [-0.15, -0.1) is 0 Å². The van der Waals surface area contributed by atoms with E-state index < -0.39 is 0 Å². The molecule has 0 N–H and O–H groups in total. The Kier molecular flexibility index (Phi) is 2.79. The van der Waals surface area contributed by atoms with Crippen LogP contribution in [-0.4, -0.2) is 0 Å². The number of benzene rings is 2. The van der Waals surface area contributed by atoms with Crippen molar-refractivity contribution in [2.75, 3.05) is 0 Å². The highest BCUT2D eigenvalue weighted by atomic mass is 14.2. The van der Waals surface area contributed by atoms with E-state index in [-0.39, 0.29) is 0 Å². The molecule has 3 rings (SSSR count). The summed E-state index contributed by atoms with van der Waals surface area (Å²) in [5, 5.41) is 0. The Hall–Kier alpha value is -1.82. The standard InChI is InChI=1S/C18H18/c1-3-7-13(2)15-10-6-11-17-16-9-5-4-8-14(16)12-18(15)17/h4-6,8-11H,2-3,7,12H2,1H3. The molecule has 0 nitrogen and oxygen atoms in total. The maximum absolute atomic E-state index is 4.25. The van der Waals surface area contributed by atoms with Crippen LogP contribution in [0.15, 0.2) is 49.0 Å². The first-order chi connectivity index (χ1) is 8.81. The Labute approximate surface area is 109 Å². The molecule has 0 fully saturated rings. The van der Waals surface area contributed by atoms with Gasteiger partial charge in [-0.25, -0.2) is 0 Å². The molecular weight excluding hydrogens is 216 g/mol. The van der Waals surface area contributed by atoms with E-state index >= 15 is 0 Å². The van der Waals surface area contributed by atoms with Crippen molar-refractivity contribution in [3.8, 4) is 11.1 Å². The van der Waals surface area contributed by atoms with Crippen LogP contribution >= 0.6 is 0 Å². The van der Waals surface area contributed by atoms with E-state index in [0.29, 0.717) is 0 Å². The first-order valence-corrected chi connectivity index (χ1v) is 6.69. The van der Waals surface area contributed by atoms with Gasteiger partial charge in [0.15, 0.2) is 0 Å². The fourth-order valence-corrected chi connectivity index (χ4v) is 2.92. The molecule has 0 saturated carbocycles. The summed E-state index contributed by atoms with van der Waals surface area (Å²) < 4.78 is 0. The zero-order valence-corrected chi connectivity index (χ0v) is 10.9. The topological polar surface area (TPSA) is 0 Å². The van der Waals surface area contributed by atoms with E-state index in [2.05, 4.69) is 56.0 Å². The van der Waals surface area contributed by atoms with Crippen molar-refractivity contribution in [3.05, 3.63) is 65.7 Å². The average Bonchev–Trinajstić information content (AvgIpc) is 2.77. The zero-order chi connectivity index (χ0) is 12.5. The number of rotatable bonds is 3. The third-order valence-corrected chi connectivity index (χ3v) is 3.78. The normalized spacial score (nSPS) is 12.1. The summed E-state index contributed by atoms with van der Waals surface area (Å²) >= 11 is 0. The van der Waals surface area contributed by atoms with Crippen LogP contribution in [0.2, 0.25) is 0 Å².